The van der Waals surface area contributed by atoms with E-state index in [1.165, 1.54) is 7.05 Å². The molecule has 0 aliphatic carbocycles. The van der Waals surface area contributed by atoms with Gasteiger partial charge in [-0.2, -0.15) is 0 Å². The average Bonchev–Trinajstić information content (AvgIpc) is 3.37. The molecular formula is C25H34ClF2N5O3. The number of benzene rings is 1. The van der Waals surface area contributed by atoms with Gasteiger partial charge in [-0.3, -0.25) is 9.80 Å². The number of hydrogen-bond donors (Lipinski definition) is 0. The predicted octanol–water partition coefficient (Wildman–Crippen LogP) is 5.30. The van der Waals surface area contributed by atoms with E-state index in [4.69, 9.17) is 21.1 Å². The number of likely N-dealkylation sites (tertiary alicyclic amines) is 1. The summed E-state index contributed by atoms with van der Waals surface area (Å²) in [6, 6.07) is 3.50. The first-order chi connectivity index (χ1) is 17.0. The Balaban J connectivity index is 1.70. The Morgan fingerprint density at radius 1 is 1.28 bits per heavy atom. The van der Waals surface area contributed by atoms with E-state index in [1.54, 1.807) is 17.0 Å². The van der Waals surface area contributed by atoms with Gasteiger partial charge < -0.3 is 9.47 Å². The largest absolute Gasteiger partial charge is 0.487 e. The number of ether oxygens (including phenoxy) is 2. The normalized spacial score (nSPS) is 20.6. The van der Waals surface area contributed by atoms with Crippen molar-refractivity contribution in [3.63, 3.8) is 0 Å². The Hall–Kier alpha value is -2.46. The lowest BCUT2D eigenvalue weighted by molar-refractivity contribution is 0.00909. The van der Waals surface area contributed by atoms with Crippen LogP contribution in [0.3, 0.4) is 0 Å². The molecule has 2 aliphatic heterocycles. The fourth-order valence-electron chi connectivity index (χ4n) is 5.04. The van der Waals surface area contributed by atoms with E-state index in [0.717, 1.165) is 35.2 Å². The highest BCUT2D eigenvalue weighted by Gasteiger charge is 2.39. The maximum absolute atomic E-state index is 13.5. The van der Waals surface area contributed by atoms with Gasteiger partial charge in [0, 0.05) is 36.8 Å². The summed E-state index contributed by atoms with van der Waals surface area (Å²) in [6.07, 6.45) is -0.410. The van der Waals surface area contributed by atoms with Gasteiger partial charge in [-0.25, -0.2) is 18.3 Å². The number of alkyl halides is 2. The van der Waals surface area contributed by atoms with Crippen LogP contribution in [0.1, 0.15) is 75.5 Å². The van der Waals surface area contributed by atoms with Gasteiger partial charge in [0.05, 0.1) is 6.04 Å². The fraction of sp³-hybridized carbons (Fsp3) is 0.640. The zero-order valence-corrected chi connectivity index (χ0v) is 22.2. The molecule has 1 aromatic heterocycles. The summed E-state index contributed by atoms with van der Waals surface area (Å²) >= 11 is 6.62. The van der Waals surface area contributed by atoms with Crippen LogP contribution >= 0.6 is 11.6 Å². The summed E-state index contributed by atoms with van der Waals surface area (Å²) in [7, 11) is 1.42. The average molecular weight is 526 g/mol. The van der Waals surface area contributed by atoms with Gasteiger partial charge in [-0.05, 0) is 71.2 Å². The molecule has 1 fully saturated rings. The van der Waals surface area contributed by atoms with Crippen LogP contribution in [0.25, 0.3) is 0 Å². The molecule has 8 nitrogen and oxygen atoms in total. The molecule has 2 atom stereocenters. The standard InChI is InChI=1S/C25H34ClF2N5O3/c1-15-7-6-11-32(15)13-19-21-16(10-12-33(19)24(34)36-25(2,3)4)17(26)8-9-20(21)35-14-18-22(23(27)28)31(5)30-29-18/h8-9,15,19,23H,6-7,10-14H2,1-5H3/t15?,19-/m1/s1. The van der Waals surface area contributed by atoms with Crippen LogP contribution in [-0.2, 0) is 24.8 Å². The highest BCUT2D eigenvalue weighted by Crippen LogP contribution is 2.42. The number of carbonyl (C=O) groups is 1. The first-order valence-electron chi connectivity index (χ1n) is 12.3. The lowest BCUT2D eigenvalue weighted by Gasteiger charge is -2.41. The summed E-state index contributed by atoms with van der Waals surface area (Å²) in [5.74, 6) is 0.491. The number of rotatable bonds is 6. The van der Waals surface area contributed by atoms with Gasteiger partial charge in [-0.1, -0.05) is 16.8 Å². The van der Waals surface area contributed by atoms with Crippen LogP contribution < -0.4 is 4.74 Å². The number of aryl methyl sites for hydroxylation is 1. The van der Waals surface area contributed by atoms with Crippen LogP contribution in [-0.4, -0.2) is 62.2 Å². The Morgan fingerprint density at radius 2 is 2.03 bits per heavy atom. The van der Waals surface area contributed by atoms with Gasteiger partial charge in [0.1, 0.15) is 29.3 Å². The van der Waals surface area contributed by atoms with Crippen molar-refractivity contribution in [2.45, 2.75) is 77.7 Å². The van der Waals surface area contributed by atoms with Gasteiger partial charge >= 0.3 is 6.09 Å². The molecule has 4 rings (SSSR count). The van der Waals surface area contributed by atoms with E-state index in [1.807, 2.05) is 20.8 Å². The predicted molar refractivity (Wildman–Crippen MR) is 131 cm³/mol. The molecule has 11 heteroatoms. The fourth-order valence-corrected chi connectivity index (χ4v) is 5.30. The second-order valence-corrected chi connectivity index (χ2v) is 10.9. The molecule has 2 aromatic rings. The van der Waals surface area contributed by atoms with Crippen molar-refractivity contribution < 1.29 is 23.0 Å². The zero-order chi connectivity index (χ0) is 26.2. The molecule has 3 heterocycles. The number of fused-ring (bicyclic) bond motifs is 1. The smallest absolute Gasteiger partial charge is 0.410 e. The number of carbonyl (C=O) groups excluding carboxylic acids is 1. The molecule has 0 spiro atoms. The molecular weight excluding hydrogens is 492 g/mol. The van der Waals surface area contributed by atoms with E-state index in [0.29, 0.717) is 36.3 Å². The van der Waals surface area contributed by atoms with E-state index >= 15 is 0 Å². The molecule has 1 aromatic carbocycles. The molecule has 1 amide bonds. The van der Waals surface area contributed by atoms with Crippen molar-refractivity contribution in [1.29, 1.82) is 0 Å². The lowest BCUT2D eigenvalue weighted by atomic mass is 9.91. The molecule has 0 radical (unpaired) electrons. The monoisotopic (exact) mass is 525 g/mol. The van der Waals surface area contributed by atoms with Crippen LogP contribution in [0.4, 0.5) is 13.6 Å². The summed E-state index contributed by atoms with van der Waals surface area (Å²) in [5.41, 5.74) is 0.838. The quantitative estimate of drug-likeness (QED) is 0.509. The maximum Gasteiger partial charge on any atom is 0.410 e. The van der Waals surface area contributed by atoms with Crippen molar-refractivity contribution >= 4 is 17.7 Å². The molecule has 0 saturated carbocycles. The number of aromatic nitrogens is 3. The van der Waals surface area contributed by atoms with Gasteiger partial charge in [0.25, 0.3) is 6.43 Å². The number of halogens is 3. The van der Waals surface area contributed by atoms with Gasteiger partial charge in [-0.15, -0.1) is 5.10 Å². The first kappa shape index (κ1) is 26.6. The van der Waals surface area contributed by atoms with Crippen LogP contribution in [0.5, 0.6) is 5.75 Å². The third-order valence-electron chi connectivity index (χ3n) is 6.81. The van der Waals surface area contributed by atoms with Crippen molar-refractivity contribution in [2.24, 2.45) is 7.05 Å². The minimum absolute atomic E-state index is 0.0701. The molecule has 198 valence electrons. The lowest BCUT2D eigenvalue weighted by Crippen LogP contribution is -2.47. The molecule has 1 saturated heterocycles. The second kappa shape index (κ2) is 10.5. The van der Waals surface area contributed by atoms with E-state index in [2.05, 4.69) is 22.1 Å². The molecule has 36 heavy (non-hydrogen) atoms. The Labute approximate surface area is 215 Å². The van der Waals surface area contributed by atoms with Gasteiger partial charge in [0.15, 0.2) is 0 Å². The first-order valence-corrected chi connectivity index (χ1v) is 12.7. The summed E-state index contributed by atoms with van der Waals surface area (Å²) in [4.78, 5) is 17.4. The Kier molecular flexibility index (Phi) is 7.75. The van der Waals surface area contributed by atoms with Crippen molar-refractivity contribution in [3.8, 4) is 5.75 Å². The van der Waals surface area contributed by atoms with Gasteiger partial charge in [0.2, 0.25) is 0 Å². The molecule has 1 unspecified atom stereocenters. The van der Waals surface area contributed by atoms with Crippen molar-refractivity contribution in [3.05, 3.63) is 39.7 Å². The molecule has 2 aliphatic rings. The Morgan fingerprint density at radius 3 is 2.67 bits per heavy atom. The van der Waals surface area contributed by atoms with Crippen LogP contribution in [0.15, 0.2) is 12.1 Å². The minimum Gasteiger partial charge on any atom is -0.487 e. The highest BCUT2D eigenvalue weighted by atomic mass is 35.5. The molecule has 0 N–H and O–H groups in total. The van der Waals surface area contributed by atoms with Crippen LogP contribution in [0, 0.1) is 0 Å². The Bertz CT molecular complexity index is 1100. The minimum atomic E-state index is -2.73. The summed E-state index contributed by atoms with van der Waals surface area (Å²) in [5, 5.41) is 8.18. The third kappa shape index (κ3) is 5.59. The van der Waals surface area contributed by atoms with Crippen molar-refractivity contribution in [1.82, 2.24) is 24.8 Å². The zero-order valence-electron chi connectivity index (χ0n) is 21.4. The number of hydrogen-bond acceptors (Lipinski definition) is 6. The maximum atomic E-state index is 13.5. The summed E-state index contributed by atoms with van der Waals surface area (Å²) in [6.45, 7) is 9.51. The number of nitrogens with zero attached hydrogens (tertiary/aromatic N) is 5. The second-order valence-electron chi connectivity index (χ2n) is 10.5. The highest BCUT2D eigenvalue weighted by molar-refractivity contribution is 6.31. The van der Waals surface area contributed by atoms with E-state index in [-0.39, 0.29) is 24.0 Å². The topological polar surface area (TPSA) is 72.7 Å². The van der Waals surface area contributed by atoms with E-state index < -0.39 is 18.1 Å². The van der Waals surface area contributed by atoms with E-state index in [9.17, 15) is 13.6 Å². The number of amides is 1. The van der Waals surface area contributed by atoms with Crippen molar-refractivity contribution in [2.75, 3.05) is 19.6 Å². The van der Waals surface area contributed by atoms with Crippen LogP contribution in [0.2, 0.25) is 5.02 Å². The molecule has 0 bridgehead atoms. The summed E-state index contributed by atoms with van der Waals surface area (Å²) < 4.78 is 40.0. The third-order valence-corrected chi connectivity index (χ3v) is 7.17. The SMILES string of the molecule is CC1CCCN1C[C@@H]1c2c(OCc3nnn(C)c3C(F)F)ccc(Cl)c2CCN1C(=O)OC(C)(C)C.